The predicted molar refractivity (Wildman–Crippen MR) is 95.5 cm³/mol. The van der Waals surface area contributed by atoms with Crippen LogP contribution in [0.1, 0.15) is 26.4 Å². The molecule has 24 heavy (non-hydrogen) atoms. The van der Waals surface area contributed by atoms with Crippen LogP contribution in [0.25, 0.3) is 0 Å². The van der Waals surface area contributed by atoms with E-state index in [0.717, 1.165) is 10.4 Å². The van der Waals surface area contributed by atoms with Crippen LogP contribution in [-0.4, -0.2) is 10.9 Å². The lowest BCUT2D eigenvalue weighted by molar-refractivity contribution is 0.102. The average Bonchev–Trinajstić information content (AvgIpc) is 3.02. The van der Waals surface area contributed by atoms with Gasteiger partial charge in [0.05, 0.1) is 11.6 Å². The maximum atomic E-state index is 12.2. The first kappa shape index (κ1) is 16.2. The smallest absolute Gasteiger partial charge is 0.257 e. The van der Waals surface area contributed by atoms with Gasteiger partial charge < -0.3 is 0 Å². The number of benzene rings is 2. The van der Waals surface area contributed by atoms with Gasteiger partial charge in [-0.1, -0.05) is 23.7 Å². The molecule has 6 heteroatoms. The second-order valence-corrected chi connectivity index (χ2v) is 6.63. The molecule has 1 heterocycles. The second-order valence-electron chi connectivity index (χ2n) is 5.08. The van der Waals surface area contributed by atoms with Gasteiger partial charge in [-0.25, -0.2) is 4.98 Å². The van der Waals surface area contributed by atoms with Gasteiger partial charge in [0.25, 0.3) is 5.91 Å². The van der Waals surface area contributed by atoms with E-state index >= 15 is 0 Å². The number of nitriles is 1. The van der Waals surface area contributed by atoms with E-state index in [0.29, 0.717) is 27.7 Å². The highest BCUT2D eigenvalue weighted by Gasteiger charge is 2.09. The Hall–Kier alpha value is -2.68. The highest BCUT2D eigenvalue weighted by atomic mass is 35.5. The molecule has 3 rings (SSSR count). The number of rotatable bonds is 4. The molecular formula is C18H12ClN3OS. The van der Waals surface area contributed by atoms with Crippen LogP contribution < -0.4 is 5.32 Å². The van der Waals surface area contributed by atoms with Crippen LogP contribution in [0.4, 0.5) is 5.13 Å². The van der Waals surface area contributed by atoms with Crippen LogP contribution in [0.2, 0.25) is 5.02 Å². The van der Waals surface area contributed by atoms with Crippen LogP contribution in [-0.2, 0) is 6.42 Å². The van der Waals surface area contributed by atoms with Gasteiger partial charge in [0, 0.05) is 28.1 Å². The molecule has 0 bridgehead atoms. The number of hydrogen-bond acceptors (Lipinski definition) is 4. The number of thiazole rings is 1. The summed E-state index contributed by atoms with van der Waals surface area (Å²) in [6.45, 7) is 0. The molecule has 0 unspecified atom stereocenters. The Morgan fingerprint density at radius 3 is 2.75 bits per heavy atom. The zero-order chi connectivity index (χ0) is 16.9. The second kappa shape index (κ2) is 7.26. The third-order valence-electron chi connectivity index (χ3n) is 3.32. The first-order valence-corrected chi connectivity index (χ1v) is 8.34. The largest absolute Gasteiger partial charge is 0.298 e. The van der Waals surface area contributed by atoms with Crippen molar-refractivity contribution < 1.29 is 4.79 Å². The molecule has 0 saturated carbocycles. The number of carbonyl (C=O) groups is 1. The molecule has 1 amide bonds. The maximum absolute atomic E-state index is 12.2. The van der Waals surface area contributed by atoms with Crippen molar-refractivity contribution in [2.24, 2.45) is 0 Å². The van der Waals surface area contributed by atoms with Gasteiger partial charge in [0.1, 0.15) is 0 Å². The first-order chi connectivity index (χ1) is 11.6. The average molecular weight is 354 g/mol. The van der Waals surface area contributed by atoms with Crippen LogP contribution in [0.5, 0.6) is 0 Å². The minimum absolute atomic E-state index is 0.247. The summed E-state index contributed by atoms with van der Waals surface area (Å²) < 4.78 is 0. The summed E-state index contributed by atoms with van der Waals surface area (Å²) >= 11 is 7.41. The zero-order valence-electron chi connectivity index (χ0n) is 12.5. The molecule has 1 N–H and O–H groups in total. The normalized spacial score (nSPS) is 10.2. The standard InChI is InChI=1S/C18H12ClN3OS/c19-15-3-1-2-13(8-15)9-16-11-21-18(24-16)22-17(23)14-6-4-12(10-20)5-7-14/h1-8,11H,9H2,(H,21,22,23). The Labute approximate surface area is 148 Å². The van der Waals surface area contributed by atoms with Crippen molar-refractivity contribution in [3.8, 4) is 6.07 Å². The summed E-state index contributed by atoms with van der Waals surface area (Å²) in [4.78, 5) is 17.5. The fourth-order valence-corrected chi connectivity index (χ4v) is 3.22. The number of nitrogens with zero attached hydrogens (tertiary/aromatic N) is 2. The molecule has 0 radical (unpaired) electrons. The van der Waals surface area contributed by atoms with E-state index in [9.17, 15) is 4.79 Å². The van der Waals surface area contributed by atoms with Gasteiger partial charge in [-0.2, -0.15) is 5.26 Å². The van der Waals surface area contributed by atoms with E-state index in [1.165, 1.54) is 11.3 Å². The SMILES string of the molecule is N#Cc1ccc(C(=O)Nc2ncc(Cc3cccc(Cl)c3)s2)cc1. The van der Waals surface area contributed by atoms with Crippen molar-refractivity contribution >= 4 is 34.0 Å². The summed E-state index contributed by atoms with van der Waals surface area (Å²) in [5.41, 5.74) is 2.10. The molecule has 0 fully saturated rings. The van der Waals surface area contributed by atoms with E-state index in [1.54, 1.807) is 30.5 Å². The molecule has 0 saturated heterocycles. The number of nitrogens with one attached hydrogen (secondary N) is 1. The lowest BCUT2D eigenvalue weighted by Crippen LogP contribution is -2.11. The molecule has 0 aliphatic carbocycles. The third kappa shape index (κ3) is 3.99. The van der Waals surface area contributed by atoms with Crippen molar-refractivity contribution in [3.05, 3.63) is 81.3 Å². The highest BCUT2D eigenvalue weighted by molar-refractivity contribution is 7.15. The molecule has 0 aliphatic heterocycles. The van der Waals surface area contributed by atoms with Crippen molar-refractivity contribution in [1.29, 1.82) is 5.26 Å². The molecule has 0 aliphatic rings. The molecule has 3 aromatic rings. The fraction of sp³-hybridized carbons (Fsp3) is 0.0556. The topological polar surface area (TPSA) is 65.8 Å². The summed E-state index contributed by atoms with van der Waals surface area (Å²) in [6.07, 6.45) is 2.46. The Balaban J connectivity index is 1.67. The zero-order valence-corrected chi connectivity index (χ0v) is 14.1. The molecule has 0 atom stereocenters. The Kier molecular flexibility index (Phi) is 4.90. The van der Waals surface area contributed by atoms with Gasteiger partial charge in [0.2, 0.25) is 0 Å². The molecule has 118 valence electrons. The number of anilines is 1. The van der Waals surface area contributed by atoms with Crippen LogP contribution >= 0.6 is 22.9 Å². The maximum Gasteiger partial charge on any atom is 0.257 e. The minimum Gasteiger partial charge on any atom is -0.298 e. The monoisotopic (exact) mass is 353 g/mol. The van der Waals surface area contributed by atoms with Crippen LogP contribution in [0.3, 0.4) is 0 Å². The lowest BCUT2D eigenvalue weighted by atomic mass is 10.1. The summed E-state index contributed by atoms with van der Waals surface area (Å²) in [7, 11) is 0. The van der Waals surface area contributed by atoms with Gasteiger partial charge in [0.15, 0.2) is 5.13 Å². The molecule has 1 aromatic heterocycles. The minimum atomic E-state index is -0.247. The summed E-state index contributed by atoms with van der Waals surface area (Å²) in [6, 6.07) is 16.1. The fourth-order valence-electron chi connectivity index (χ4n) is 2.16. The van der Waals surface area contributed by atoms with Gasteiger partial charge in [-0.3, -0.25) is 10.1 Å². The summed E-state index contributed by atoms with van der Waals surface area (Å²) in [5, 5.41) is 12.8. The van der Waals surface area contributed by atoms with E-state index in [2.05, 4.69) is 10.3 Å². The third-order valence-corrected chi connectivity index (χ3v) is 4.47. The highest BCUT2D eigenvalue weighted by Crippen LogP contribution is 2.23. The van der Waals surface area contributed by atoms with Gasteiger partial charge in [-0.15, -0.1) is 11.3 Å². The quantitative estimate of drug-likeness (QED) is 0.750. The molecule has 2 aromatic carbocycles. The van der Waals surface area contributed by atoms with Crippen molar-refractivity contribution in [2.75, 3.05) is 5.32 Å². The number of halogens is 1. The number of amides is 1. The Bertz CT molecular complexity index is 913. The van der Waals surface area contributed by atoms with Crippen LogP contribution in [0.15, 0.2) is 54.7 Å². The molecular weight excluding hydrogens is 342 g/mol. The van der Waals surface area contributed by atoms with Crippen molar-refractivity contribution in [3.63, 3.8) is 0 Å². The van der Waals surface area contributed by atoms with Gasteiger partial charge in [-0.05, 0) is 42.0 Å². The lowest BCUT2D eigenvalue weighted by Gasteiger charge is -2.01. The number of carbonyl (C=O) groups excluding carboxylic acids is 1. The Morgan fingerprint density at radius 1 is 1.25 bits per heavy atom. The van der Waals surface area contributed by atoms with E-state index in [4.69, 9.17) is 16.9 Å². The van der Waals surface area contributed by atoms with E-state index < -0.39 is 0 Å². The molecule has 0 spiro atoms. The summed E-state index contributed by atoms with van der Waals surface area (Å²) in [5.74, 6) is -0.247. The number of aromatic nitrogens is 1. The molecule has 4 nitrogen and oxygen atoms in total. The van der Waals surface area contributed by atoms with Crippen LogP contribution in [0, 0.1) is 11.3 Å². The first-order valence-electron chi connectivity index (χ1n) is 7.15. The van der Waals surface area contributed by atoms with Gasteiger partial charge >= 0.3 is 0 Å². The van der Waals surface area contributed by atoms with E-state index in [1.807, 2.05) is 30.3 Å². The predicted octanol–water partition coefficient (Wildman–Crippen LogP) is 4.51. The Morgan fingerprint density at radius 2 is 2.04 bits per heavy atom. The van der Waals surface area contributed by atoms with E-state index in [-0.39, 0.29) is 5.91 Å². The van der Waals surface area contributed by atoms with Crippen molar-refractivity contribution in [2.45, 2.75) is 6.42 Å². The number of hydrogen-bond donors (Lipinski definition) is 1. The van der Waals surface area contributed by atoms with Crippen molar-refractivity contribution in [1.82, 2.24) is 4.98 Å².